The molecule has 0 spiro atoms. The molecule has 0 aliphatic carbocycles. The quantitative estimate of drug-likeness (QED) is 0.735. The monoisotopic (exact) mass is 300 g/mol. The van der Waals surface area contributed by atoms with Crippen LogP contribution in [0.5, 0.6) is 0 Å². The van der Waals surface area contributed by atoms with Gasteiger partial charge in [-0.3, -0.25) is 14.4 Å². The van der Waals surface area contributed by atoms with Crippen molar-refractivity contribution in [1.29, 1.82) is 0 Å². The van der Waals surface area contributed by atoms with Crippen LogP contribution in [0.2, 0.25) is 0 Å². The fraction of sp³-hybridized carbons (Fsp3) is 0.786. The third kappa shape index (κ3) is 5.71. The van der Waals surface area contributed by atoms with Crippen molar-refractivity contribution in [1.82, 2.24) is 10.2 Å². The number of amides is 2. The van der Waals surface area contributed by atoms with Crippen LogP contribution in [0.3, 0.4) is 0 Å². The summed E-state index contributed by atoms with van der Waals surface area (Å²) >= 11 is 0. The molecule has 21 heavy (non-hydrogen) atoms. The molecule has 1 aliphatic heterocycles. The van der Waals surface area contributed by atoms with Crippen molar-refractivity contribution < 1.29 is 23.9 Å². The number of methoxy groups -OCH3 is 1. The van der Waals surface area contributed by atoms with E-state index in [4.69, 9.17) is 4.74 Å². The van der Waals surface area contributed by atoms with E-state index < -0.39 is 5.41 Å². The first-order valence-electron chi connectivity index (χ1n) is 6.98. The van der Waals surface area contributed by atoms with E-state index in [2.05, 4.69) is 10.1 Å². The Morgan fingerprint density at radius 1 is 1.33 bits per heavy atom. The van der Waals surface area contributed by atoms with Crippen molar-refractivity contribution in [2.45, 2.75) is 33.3 Å². The molecule has 1 heterocycles. The van der Waals surface area contributed by atoms with Crippen molar-refractivity contribution in [2.75, 3.05) is 33.4 Å². The molecule has 7 heteroatoms. The molecule has 1 rings (SSSR count). The Balaban J connectivity index is 2.43. The summed E-state index contributed by atoms with van der Waals surface area (Å²) in [6.45, 7) is 6.48. The van der Waals surface area contributed by atoms with E-state index in [1.165, 1.54) is 7.11 Å². The molecular weight excluding hydrogens is 276 g/mol. The number of rotatable bonds is 4. The van der Waals surface area contributed by atoms with Crippen LogP contribution in [0, 0.1) is 5.41 Å². The third-order valence-electron chi connectivity index (χ3n) is 3.19. The van der Waals surface area contributed by atoms with Gasteiger partial charge in [0.1, 0.15) is 0 Å². The van der Waals surface area contributed by atoms with Crippen molar-refractivity contribution in [3.8, 4) is 0 Å². The number of ether oxygens (including phenoxy) is 2. The van der Waals surface area contributed by atoms with Gasteiger partial charge in [-0.25, -0.2) is 0 Å². The minimum Gasteiger partial charge on any atom is -0.469 e. The van der Waals surface area contributed by atoms with Crippen molar-refractivity contribution >= 4 is 17.8 Å². The van der Waals surface area contributed by atoms with Gasteiger partial charge in [0, 0.05) is 18.5 Å². The lowest BCUT2D eigenvalue weighted by Crippen LogP contribution is -2.50. The third-order valence-corrected chi connectivity index (χ3v) is 3.19. The number of morpholine rings is 1. The van der Waals surface area contributed by atoms with E-state index in [9.17, 15) is 14.4 Å². The molecule has 0 aromatic carbocycles. The van der Waals surface area contributed by atoms with Crippen LogP contribution < -0.4 is 5.32 Å². The molecule has 0 bridgehead atoms. The Hall–Kier alpha value is -1.63. The highest BCUT2D eigenvalue weighted by molar-refractivity contribution is 5.87. The Kier molecular flexibility index (Phi) is 6.14. The summed E-state index contributed by atoms with van der Waals surface area (Å²) in [6, 6.07) is 0. The second-order valence-corrected chi connectivity index (χ2v) is 6.05. The molecule has 0 saturated carbocycles. The van der Waals surface area contributed by atoms with Gasteiger partial charge in [-0.1, -0.05) is 20.8 Å². The van der Waals surface area contributed by atoms with Crippen LogP contribution >= 0.6 is 0 Å². The van der Waals surface area contributed by atoms with E-state index >= 15 is 0 Å². The molecule has 1 saturated heterocycles. The van der Waals surface area contributed by atoms with Crippen LogP contribution in [0.4, 0.5) is 0 Å². The zero-order chi connectivity index (χ0) is 16.0. The summed E-state index contributed by atoms with van der Waals surface area (Å²) in [5, 5.41) is 2.62. The zero-order valence-electron chi connectivity index (χ0n) is 13.1. The Labute approximate surface area is 124 Å². The molecule has 1 atom stereocenters. The highest BCUT2D eigenvalue weighted by atomic mass is 16.5. The maximum absolute atomic E-state index is 12.1. The van der Waals surface area contributed by atoms with Crippen LogP contribution in [0.25, 0.3) is 0 Å². The fourth-order valence-corrected chi connectivity index (χ4v) is 1.87. The zero-order valence-corrected chi connectivity index (χ0v) is 13.1. The van der Waals surface area contributed by atoms with Crippen LogP contribution in [-0.4, -0.2) is 62.1 Å². The summed E-state index contributed by atoms with van der Waals surface area (Å²) < 4.78 is 10.0. The van der Waals surface area contributed by atoms with Crippen LogP contribution in [0.15, 0.2) is 0 Å². The summed E-state index contributed by atoms with van der Waals surface area (Å²) in [5.41, 5.74) is -0.529. The molecule has 1 aliphatic rings. The Morgan fingerprint density at radius 2 is 2.00 bits per heavy atom. The van der Waals surface area contributed by atoms with E-state index in [-0.39, 0.29) is 36.9 Å². The molecular formula is C14H24N2O5. The minimum absolute atomic E-state index is 0.0406. The molecule has 7 nitrogen and oxygen atoms in total. The van der Waals surface area contributed by atoms with Crippen molar-refractivity contribution in [2.24, 2.45) is 5.41 Å². The number of carbonyl (C=O) groups is 3. The predicted octanol–water partition coefficient (Wildman–Crippen LogP) is -0.0608. The lowest BCUT2D eigenvalue weighted by atomic mass is 9.96. The Bertz CT molecular complexity index is 403. The molecule has 1 N–H and O–H groups in total. The molecule has 0 aromatic heterocycles. The second kappa shape index (κ2) is 7.40. The SMILES string of the molecule is COC(=O)CC1CN(C(=O)CNC(=O)C(C)(C)C)CCO1. The number of nitrogens with one attached hydrogen (secondary N) is 1. The van der Waals surface area contributed by atoms with Gasteiger partial charge in [-0.05, 0) is 0 Å². The number of nitrogens with zero attached hydrogens (tertiary/aromatic N) is 1. The van der Waals surface area contributed by atoms with Gasteiger partial charge in [0.05, 0.1) is 32.8 Å². The molecule has 120 valence electrons. The van der Waals surface area contributed by atoms with Gasteiger partial charge in [0.2, 0.25) is 11.8 Å². The fourth-order valence-electron chi connectivity index (χ4n) is 1.87. The second-order valence-electron chi connectivity index (χ2n) is 6.05. The highest BCUT2D eigenvalue weighted by Crippen LogP contribution is 2.13. The maximum Gasteiger partial charge on any atom is 0.308 e. The lowest BCUT2D eigenvalue weighted by molar-refractivity contribution is -0.149. The van der Waals surface area contributed by atoms with E-state index in [1.54, 1.807) is 25.7 Å². The number of esters is 1. The summed E-state index contributed by atoms with van der Waals surface area (Å²) in [6.07, 6.45) is -0.234. The van der Waals surface area contributed by atoms with Crippen molar-refractivity contribution in [3.05, 3.63) is 0 Å². The van der Waals surface area contributed by atoms with Crippen LogP contribution in [0.1, 0.15) is 27.2 Å². The molecule has 0 aromatic rings. The summed E-state index contributed by atoms with van der Waals surface area (Å²) in [7, 11) is 1.32. The number of hydrogen-bond donors (Lipinski definition) is 1. The predicted molar refractivity (Wildman–Crippen MR) is 75.4 cm³/mol. The van der Waals surface area contributed by atoms with E-state index in [0.29, 0.717) is 19.7 Å². The first-order valence-corrected chi connectivity index (χ1v) is 6.98. The van der Waals surface area contributed by atoms with Crippen molar-refractivity contribution in [3.63, 3.8) is 0 Å². The van der Waals surface area contributed by atoms with Gasteiger partial charge >= 0.3 is 5.97 Å². The molecule has 1 unspecified atom stereocenters. The first kappa shape index (κ1) is 17.4. The first-order chi connectivity index (χ1) is 9.74. The average molecular weight is 300 g/mol. The smallest absolute Gasteiger partial charge is 0.308 e. The van der Waals surface area contributed by atoms with Crippen LogP contribution in [-0.2, 0) is 23.9 Å². The molecule has 1 fully saturated rings. The van der Waals surface area contributed by atoms with E-state index in [0.717, 1.165) is 0 Å². The standard InChI is InChI=1S/C14H24N2O5/c1-14(2,3)13(19)15-8-11(17)16-5-6-21-10(9-16)7-12(18)20-4/h10H,5-9H2,1-4H3,(H,15,19). The normalized spacial score (nSPS) is 19.0. The Morgan fingerprint density at radius 3 is 2.57 bits per heavy atom. The largest absolute Gasteiger partial charge is 0.469 e. The lowest BCUT2D eigenvalue weighted by Gasteiger charge is -2.32. The molecule has 2 amide bonds. The number of carbonyl (C=O) groups excluding carboxylic acids is 3. The van der Waals surface area contributed by atoms with Gasteiger partial charge in [0.25, 0.3) is 0 Å². The van der Waals surface area contributed by atoms with E-state index in [1.807, 2.05) is 0 Å². The average Bonchev–Trinajstić information content (AvgIpc) is 2.43. The maximum atomic E-state index is 12.1. The van der Waals surface area contributed by atoms with Gasteiger partial charge in [-0.2, -0.15) is 0 Å². The summed E-state index contributed by atoms with van der Waals surface area (Å²) in [4.78, 5) is 36.6. The topological polar surface area (TPSA) is 84.9 Å². The minimum atomic E-state index is -0.529. The summed E-state index contributed by atoms with van der Waals surface area (Å²) in [5.74, 6) is -0.712. The van der Waals surface area contributed by atoms with Gasteiger partial charge in [-0.15, -0.1) is 0 Å². The van der Waals surface area contributed by atoms with Gasteiger partial charge in [0.15, 0.2) is 0 Å². The number of hydrogen-bond acceptors (Lipinski definition) is 5. The highest BCUT2D eigenvalue weighted by Gasteiger charge is 2.27. The van der Waals surface area contributed by atoms with Gasteiger partial charge < -0.3 is 19.7 Å². The molecule has 0 radical (unpaired) electrons.